The minimum absolute atomic E-state index is 0.0288. The van der Waals surface area contributed by atoms with Crippen LogP contribution in [-0.2, 0) is 11.2 Å². The standard InChI is InChI=1S/C20H24F2N4O2/c21-19(22)16-13-25(9-10-28-16)17-12-18(27)24-20(23-17)26-8-4-7-15(26)11-14-5-2-1-3-6-14/h1-3,5-6,12,15-16,19H,4,7-11,13H2,(H,23,24,27). The lowest BCUT2D eigenvalue weighted by molar-refractivity contribution is -0.0615. The van der Waals surface area contributed by atoms with Crippen LogP contribution in [0.2, 0.25) is 0 Å². The second-order valence-electron chi connectivity index (χ2n) is 7.30. The Morgan fingerprint density at radius 2 is 2.07 bits per heavy atom. The Balaban J connectivity index is 1.55. The number of aromatic nitrogens is 2. The lowest BCUT2D eigenvalue weighted by atomic mass is 10.0. The van der Waals surface area contributed by atoms with Crippen LogP contribution in [0.25, 0.3) is 0 Å². The molecular formula is C20H24F2N4O2. The van der Waals surface area contributed by atoms with Crippen molar-refractivity contribution < 1.29 is 13.5 Å². The van der Waals surface area contributed by atoms with E-state index in [1.807, 2.05) is 18.2 Å². The van der Waals surface area contributed by atoms with Gasteiger partial charge in [0.1, 0.15) is 11.9 Å². The number of anilines is 2. The lowest BCUT2D eigenvalue weighted by Gasteiger charge is -2.34. The first-order chi connectivity index (χ1) is 13.6. The van der Waals surface area contributed by atoms with Crippen LogP contribution in [0.15, 0.2) is 41.2 Å². The molecule has 8 heteroatoms. The summed E-state index contributed by atoms with van der Waals surface area (Å²) in [6, 6.07) is 11.9. The van der Waals surface area contributed by atoms with Crippen molar-refractivity contribution in [2.45, 2.75) is 37.8 Å². The first-order valence-corrected chi connectivity index (χ1v) is 9.67. The maximum Gasteiger partial charge on any atom is 0.266 e. The molecule has 2 saturated heterocycles. The fraction of sp³-hybridized carbons (Fsp3) is 0.500. The van der Waals surface area contributed by atoms with E-state index >= 15 is 0 Å². The van der Waals surface area contributed by atoms with Crippen molar-refractivity contribution in [3.63, 3.8) is 0 Å². The van der Waals surface area contributed by atoms with Crippen molar-refractivity contribution in [2.24, 2.45) is 0 Å². The number of hydrogen-bond donors (Lipinski definition) is 1. The fourth-order valence-corrected chi connectivity index (χ4v) is 3.98. The van der Waals surface area contributed by atoms with E-state index in [4.69, 9.17) is 4.74 Å². The van der Waals surface area contributed by atoms with Gasteiger partial charge in [-0.1, -0.05) is 30.3 Å². The maximum atomic E-state index is 13.0. The molecule has 1 N–H and O–H groups in total. The number of H-pyrrole nitrogens is 1. The first kappa shape index (κ1) is 18.9. The summed E-state index contributed by atoms with van der Waals surface area (Å²) in [5.74, 6) is 0.944. The summed E-state index contributed by atoms with van der Waals surface area (Å²) >= 11 is 0. The van der Waals surface area contributed by atoms with Gasteiger partial charge in [0.05, 0.1) is 13.2 Å². The number of rotatable bonds is 5. The smallest absolute Gasteiger partial charge is 0.266 e. The highest BCUT2D eigenvalue weighted by Gasteiger charge is 2.30. The first-order valence-electron chi connectivity index (χ1n) is 9.67. The van der Waals surface area contributed by atoms with E-state index in [1.54, 1.807) is 4.90 Å². The molecule has 28 heavy (non-hydrogen) atoms. The van der Waals surface area contributed by atoms with Gasteiger partial charge in [0.2, 0.25) is 5.95 Å². The van der Waals surface area contributed by atoms with E-state index in [-0.39, 0.29) is 24.8 Å². The van der Waals surface area contributed by atoms with Crippen molar-refractivity contribution in [3.05, 3.63) is 52.3 Å². The number of hydrogen-bond acceptors (Lipinski definition) is 5. The van der Waals surface area contributed by atoms with Crippen molar-refractivity contribution >= 4 is 11.8 Å². The Hall–Kier alpha value is -2.48. The van der Waals surface area contributed by atoms with E-state index < -0.39 is 12.5 Å². The van der Waals surface area contributed by atoms with E-state index in [9.17, 15) is 13.6 Å². The van der Waals surface area contributed by atoms with Gasteiger partial charge in [0.15, 0.2) is 0 Å². The van der Waals surface area contributed by atoms with Crippen LogP contribution in [0.4, 0.5) is 20.5 Å². The minimum Gasteiger partial charge on any atom is -0.369 e. The number of ether oxygens (including phenoxy) is 1. The van der Waals surface area contributed by atoms with Gasteiger partial charge in [-0.05, 0) is 24.8 Å². The van der Waals surface area contributed by atoms with Gasteiger partial charge >= 0.3 is 0 Å². The molecule has 1 aromatic heterocycles. The third-order valence-electron chi connectivity index (χ3n) is 5.38. The highest BCUT2D eigenvalue weighted by molar-refractivity contribution is 5.45. The predicted molar refractivity (Wildman–Crippen MR) is 103 cm³/mol. The molecule has 6 nitrogen and oxygen atoms in total. The summed E-state index contributed by atoms with van der Waals surface area (Å²) in [6.07, 6.45) is -0.793. The van der Waals surface area contributed by atoms with Crippen molar-refractivity contribution in [1.82, 2.24) is 9.97 Å². The molecule has 2 aliphatic rings. The SMILES string of the molecule is O=c1cc(N2CCOC(C(F)F)C2)nc(N2CCCC2Cc2ccccc2)[nH]1. The summed E-state index contributed by atoms with van der Waals surface area (Å²) in [5, 5.41) is 0. The zero-order valence-electron chi connectivity index (χ0n) is 15.6. The van der Waals surface area contributed by atoms with Gasteiger partial charge in [-0.3, -0.25) is 9.78 Å². The number of nitrogens with zero attached hydrogens (tertiary/aromatic N) is 3. The zero-order chi connectivity index (χ0) is 19.5. The molecule has 150 valence electrons. The molecule has 0 aliphatic carbocycles. The summed E-state index contributed by atoms with van der Waals surface area (Å²) in [4.78, 5) is 23.6. The zero-order valence-corrected chi connectivity index (χ0v) is 15.6. The van der Waals surface area contributed by atoms with Gasteiger partial charge in [-0.15, -0.1) is 0 Å². The molecule has 2 unspecified atom stereocenters. The van der Waals surface area contributed by atoms with Gasteiger partial charge < -0.3 is 14.5 Å². The average Bonchev–Trinajstić information content (AvgIpc) is 3.16. The van der Waals surface area contributed by atoms with Crippen LogP contribution >= 0.6 is 0 Å². The van der Waals surface area contributed by atoms with Crippen LogP contribution in [0.3, 0.4) is 0 Å². The van der Waals surface area contributed by atoms with Crippen LogP contribution in [0.1, 0.15) is 18.4 Å². The van der Waals surface area contributed by atoms with E-state index in [1.165, 1.54) is 11.6 Å². The van der Waals surface area contributed by atoms with Crippen molar-refractivity contribution in [2.75, 3.05) is 36.0 Å². The third-order valence-corrected chi connectivity index (χ3v) is 5.38. The Morgan fingerprint density at radius 3 is 2.86 bits per heavy atom. The molecular weight excluding hydrogens is 366 g/mol. The Bertz CT molecular complexity index is 846. The molecule has 2 aliphatic heterocycles. The topological polar surface area (TPSA) is 61.5 Å². The maximum absolute atomic E-state index is 13.0. The molecule has 2 aromatic rings. The van der Waals surface area contributed by atoms with Crippen LogP contribution in [0, 0.1) is 0 Å². The molecule has 3 heterocycles. The predicted octanol–water partition coefficient (Wildman–Crippen LogP) is 2.45. The van der Waals surface area contributed by atoms with Crippen LogP contribution in [-0.4, -0.2) is 54.8 Å². The number of alkyl halides is 2. The van der Waals surface area contributed by atoms with E-state index in [2.05, 4.69) is 27.0 Å². The summed E-state index contributed by atoms with van der Waals surface area (Å²) in [5.41, 5.74) is 0.969. The van der Waals surface area contributed by atoms with Crippen molar-refractivity contribution in [3.8, 4) is 0 Å². The normalized spacial score (nSPS) is 22.8. The lowest BCUT2D eigenvalue weighted by Crippen LogP contribution is -2.46. The Morgan fingerprint density at radius 1 is 1.25 bits per heavy atom. The monoisotopic (exact) mass is 390 g/mol. The number of aromatic amines is 1. The molecule has 1 aromatic carbocycles. The molecule has 2 atom stereocenters. The highest BCUT2D eigenvalue weighted by atomic mass is 19.3. The molecule has 4 rings (SSSR count). The Kier molecular flexibility index (Phi) is 5.57. The molecule has 0 saturated carbocycles. The number of halogens is 2. The molecule has 0 spiro atoms. The minimum atomic E-state index is -2.56. The molecule has 0 radical (unpaired) electrons. The highest BCUT2D eigenvalue weighted by Crippen LogP contribution is 2.26. The third kappa shape index (κ3) is 4.16. The summed E-state index contributed by atoms with van der Waals surface area (Å²) < 4.78 is 31.2. The van der Waals surface area contributed by atoms with Gasteiger partial charge in [0, 0.05) is 25.2 Å². The summed E-state index contributed by atoms with van der Waals surface area (Å²) in [7, 11) is 0. The second kappa shape index (κ2) is 8.26. The molecule has 0 amide bonds. The average molecular weight is 390 g/mol. The number of nitrogens with one attached hydrogen (secondary N) is 1. The fourth-order valence-electron chi connectivity index (χ4n) is 3.98. The number of morpholine rings is 1. The van der Waals surface area contributed by atoms with Gasteiger partial charge in [-0.2, -0.15) is 4.98 Å². The molecule has 0 bridgehead atoms. The van der Waals surface area contributed by atoms with Gasteiger partial charge in [0.25, 0.3) is 12.0 Å². The quantitative estimate of drug-likeness (QED) is 0.850. The van der Waals surface area contributed by atoms with Crippen molar-refractivity contribution in [1.29, 1.82) is 0 Å². The molecule has 2 fully saturated rings. The van der Waals surface area contributed by atoms with E-state index in [0.29, 0.717) is 18.3 Å². The van der Waals surface area contributed by atoms with E-state index in [0.717, 1.165) is 25.8 Å². The van der Waals surface area contributed by atoms with Gasteiger partial charge in [-0.25, -0.2) is 8.78 Å². The summed E-state index contributed by atoms with van der Waals surface area (Å²) in [6.45, 7) is 1.47. The van der Waals surface area contributed by atoms with Crippen LogP contribution < -0.4 is 15.4 Å². The second-order valence-corrected chi connectivity index (χ2v) is 7.30. The Labute approximate surface area is 162 Å². The largest absolute Gasteiger partial charge is 0.369 e. The van der Waals surface area contributed by atoms with Crippen LogP contribution in [0.5, 0.6) is 0 Å². The number of benzene rings is 1.